The first-order chi connectivity index (χ1) is 6.76. The average molecular weight is 207 g/mol. The fourth-order valence-electron chi connectivity index (χ4n) is 1.32. The van der Waals surface area contributed by atoms with Crippen LogP contribution in [0.1, 0.15) is 4.88 Å². The Morgan fingerprint density at radius 3 is 2.93 bits per heavy atom. The summed E-state index contributed by atoms with van der Waals surface area (Å²) in [4.78, 5) is 0.480. The number of benzene rings is 1. The van der Waals surface area contributed by atoms with Gasteiger partial charge in [0.25, 0.3) is 0 Å². The molecule has 0 saturated heterocycles. The van der Waals surface area contributed by atoms with Crippen molar-refractivity contribution in [2.45, 2.75) is 0 Å². The van der Waals surface area contributed by atoms with Crippen LogP contribution in [-0.4, -0.2) is 7.11 Å². The Morgan fingerprint density at radius 2 is 2.29 bits per heavy atom. The lowest BCUT2D eigenvalue weighted by Crippen LogP contribution is -1.82. The van der Waals surface area contributed by atoms with Crippen LogP contribution in [0.2, 0.25) is 0 Å². The van der Waals surface area contributed by atoms with Crippen LogP contribution in [0.4, 0.5) is 4.39 Å². The number of thiophene rings is 1. The van der Waals surface area contributed by atoms with Gasteiger partial charge < -0.3 is 4.74 Å². The summed E-state index contributed by atoms with van der Waals surface area (Å²) in [5.41, 5.74) is 0. The maximum Gasteiger partial charge on any atom is 0.155 e. The van der Waals surface area contributed by atoms with E-state index in [1.165, 1.54) is 30.6 Å². The highest BCUT2D eigenvalue weighted by molar-refractivity contribution is 7.20. The van der Waals surface area contributed by atoms with Crippen LogP contribution < -0.4 is 4.74 Å². The quantitative estimate of drug-likeness (QED) is 0.720. The van der Waals surface area contributed by atoms with E-state index in [1.54, 1.807) is 6.07 Å². The van der Waals surface area contributed by atoms with Crippen LogP contribution in [-0.2, 0) is 0 Å². The summed E-state index contributed by atoms with van der Waals surface area (Å²) in [5, 5.41) is 9.59. The monoisotopic (exact) mass is 207 g/mol. The number of nitrogens with zero attached hydrogens (tertiary/aromatic N) is 1. The highest BCUT2D eigenvalue weighted by Gasteiger charge is 2.12. The van der Waals surface area contributed by atoms with E-state index in [0.29, 0.717) is 10.6 Å². The fourth-order valence-corrected chi connectivity index (χ4v) is 2.32. The maximum absolute atomic E-state index is 12.9. The smallest absolute Gasteiger partial charge is 0.155 e. The van der Waals surface area contributed by atoms with Gasteiger partial charge in [-0.25, -0.2) is 4.39 Å². The molecule has 2 aromatic rings. The molecule has 70 valence electrons. The van der Waals surface area contributed by atoms with Gasteiger partial charge in [0, 0.05) is 10.1 Å². The van der Waals surface area contributed by atoms with Crippen molar-refractivity contribution in [3.8, 4) is 11.8 Å². The molecule has 0 fully saturated rings. The van der Waals surface area contributed by atoms with Crippen LogP contribution in [0, 0.1) is 17.1 Å². The third kappa shape index (κ3) is 1.22. The molecular weight excluding hydrogens is 201 g/mol. The summed E-state index contributed by atoms with van der Waals surface area (Å²) in [7, 11) is 1.51. The van der Waals surface area contributed by atoms with Crippen molar-refractivity contribution in [3.63, 3.8) is 0 Å². The second-order valence-electron chi connectivity index (χ2n) is 2.72. The lowest BCUT2D eigenvalue weighted by atomic mass is 10.2. The molecule has 0 unspecified atom stereocenters. The summed E-state index contributed by atoms with van der Waals surface area (Å²) in [6.45, 7) is 0. The van der Waals surface area contributed by atoms with Crippen molar-refractivity contribution in [1.82, 2.24) is 0 Å². The number of hydrogen-bond donors (Lipinski definition) is 0. The first kappa shape index (κ1) is 8.97. The van der Waals surface area contributed by atoms with Gasteiger partial charge in [-0.1, -0.05) is 0 Å². The van der Waals surface area contributed by atoms with Gasteiger partial charge in [-0.05, 0) is 18.2 Å². The second-order valence-corrected chi connectivity index (χ2v) is 3.77. The van der Waals surface area contributed by atoms with E-state index in [0.717, 1.165) is 10.1 Å². The number of hydrogen-bond acceptors (Lipinski definition) is 3. The van der Waals surface area contributed by atoms with E-state index in [2.05, 4.69) is 0 Å². The van der Waals surface area contributed by atoms with E-state index in [-0.39, 0.29) is 5.82 Å². The zero-order valence-electron chi connectivity index (χ0n) is 7.37. The minimum absolute atomic E-state index is 0.300. The normalized spacial score (nSPS) is 10.1. The van der Waals surface area contributed by atoms with Crippen LogP contribution in [0.15, 0.2) is 18.2 Å². The van der Waals surface area contributed by atoms with Crippen LogP contribution >= 0.6 is 11.3 Å². The van der Waals surface area contributed by atoms with Gasteiger partial charge >= 0.3 is 0 Å². The molecule has 0 spiro atoms. The van der Waals surface area contributed by atoms with Crippen molar-refractivity contribution in [3.05, 3.63) is 28.9 Å². The molecule has 0 radical (unpaired) electrons. The average Bonchev–Trinajstić information content (AvgIpc) is 2.54. The minimum atomic E-state index is -0.300. The standard InChI is InChI=1S/C10H6FNOS/c1-13-10-7-3-2-6(11)4-8(7)14-9(10)5-12/h2-4H,1H3. The second kappa shape index (κ2) is 3.28. The van der Waals surface area contributed by atoms with Gasteiger partial charge in [0.15, 0.2) is 5.75 Å². The molecule has 1 heterocycles. The van der Waals surface area contributed by atoms with E-state index in [9.17, 15) is 4.39 Å². The summed E-state index contributed by atoms with van der Waals surface area (Å²) >= 11 is 1.24. The molecule has 0 N–H and O–H groups in total. The predicted molar refractivity (Wildman–Crippen MR) is 53.1 cm³/mol. The third-order valence-electron chi connectivity index (χ3n) is 1.91. The topological polar surface area (TPSA) is 33.0 Å². The molecule has 1 aromatic carbocycles. The van der Waals surface area contributed by atoms with Crippen LogP contribution in [0.3, 0.4) is 0 Å². The Labute approximate surface area is 84.2 Å². The first-order valence-corrected chi connectivity index (χ1v) is 4.74. The molecule has 0 bridgehead atoms. The fraction of sp³-hybridized carbons (Fsp3) is 0.100. The molecule has 0 aliphatic carbocycles. The molecule has 0 atom stereocenters. The summed E-state index contributed by atoms with van der Waals surface area (Å²) in [6, 6.07) is 6.42. The molecular formula is C10H6FNOS. The van der Waals surface area contributed by atoms with E-state index in [4.69, 9.17) is 10.00 Å². The van der Waals surface area contributed by atoms with Crippen molar-refractivity contribution >= 4 is 21.4 Å². The lowest BCUT2D eigenvalue weighted by molar-refractivity contribution is 0.420. The van der Waals surface area contributed by atoms with Gasteiger partial charge in [-0.2, -0.15) is 5.26 Å². The molecule has 2 rings (SSSR count). The van der Waals surface area contributed by atoms with Gasteiger partial charge in [0.2, 0.25) is 0 Å². The predicted octanol–water partition coefficient (Wildman–Crippen LogP) is 2.92. The first-order valence-electron chi connectivity index (χ1n) is 3.92. The Bertz CT molecular complexity index is 527. The van der Waals surface area contributed by atoms with Gasteiger partial charge in [-0.15, -0.1) is 11.3 Å². The molecule has 0 saturated carbocycles. The van der Waals surface area contributed by atoms with Crippen LogP contribution in [0.5, 0.6) is 5.75 Å². The van der Waals surface area contributed by atoms with Gasteiger partial charge in [0.05, 0.1) is 7.11 Å². The number of methoxy groups -OCH3 is 1. The summed E-state index contributed by atoms with van der Waals surface area (Å²) in [6.07, 6.45) is 0. The highest BCUT2D eigenvalue weighted by Crippen LogP contribution is 2.37. The molecule has 4 heteroatoms. The Hall–Kier alpha value is -1.60. The van der Waals surface area contributed by atoms with Crippen molar-refractivity contribution in [2.24, 2.45) is 0 Å². The lowest BCUT2D eigenvalue weighted by Gasteiger charge is -1.96. The van der Waals surface area contributed by atoms with Crippen molar-refractivity contribution < 1.29 is 9.13 Å². The number of fused-ring (bicyclic) bond motifs is 1. The number of ether oxygens (including phenoxy) is 1. The van der Waals surface area contributed by atoms with Crippen molar-refractivity contribution in [2.75, 3.05) is 7.11 Å². The molecule has 2 nitrogen and oxygen atoms in total. The van der Waals surface area contributed by atoms with E-state index in [1.807, 2.05) is 6.07 Å². The van der Waals surface area contributed by atoms with Gasteiger partial charge in [-0.3, -0.25) is 0 Å². The summed E-state index contributed by atoms with van der Waals surface area (Å²) in [5.74, 6) is 0.235. The largest absolute Gasteiger partial charge is 0.494 e. The van der Waals surface area contributed by atoms with Crippen molar-refractivity contribution in [1.29, 1.82) is 5.26 Å². The third-order valence-corrected chi connectivity index (χ3v) is 2.95. The summed E-state index contributed by atoms with van der Waals surface area (Å²) < 4.78 is 18.7. The van der Waals surface area contributed by atoms with Gasteiger partial charge in [0.1, 0.15) is 16.8 Å². The SMILES string of the molecule is COc1c(C#N)sc2cc(F)ccc12. The molecule has 0 aliphatic rings. The molecule has 1 aromatic heterocycles. The Morgan fingerprint density at radius 1 is 1.50 bits per heavy atom. The Balaban J connectivity index is 2.81. The minimum Gasteiger partial charge on any atom is -0.494 e. The number of nitriles is 1. The van der Waals surface area contributed by atoms with E-state index < -0.39 is 0 Å². The maximum atomic E-state index is 12.9. The number of halogens is 1. The van der Waals surface area contributed by atoms with Crippen LogP contribution in [0.25, 0.3) is 10.1 Å². The Kier molecular flexibility index (Phi) is 2.10. The molecule has 14 heavy (non-hydrogen) atoms. The molecule has 0 aliphatic heterocycles. The molecule has 0 amide bonds. The highest BCUT2D eigenvalue weighted by atomic mass is 32.1. The number of rotatable bonds is 1. The van der Waals surface area contributed by atoms with E-state index >= 15 is 0 Å². The zero-order chi connectivity index (χ0) is 10.1. The zero-order valence-corrected chi connectivity index (χ0v) is 8.19.